The van der Waals surface area contributed by atoms with Crippen molar-refractivity contribution in [1.82, 2.24) is 9.78 Å². The third kappa shape index (κ3) is 5.03. The quantitative estimate of drug-likeness (QED) is 0.573. The Kier molecular flexibility index (Phi) is 6.81. The number of aromatic nitrogens is 2. The average molecular weight is 404 g/mol. The lowest BCUT2D eigenvalue weighted by Gasteiger charge is -2.13. The highest BCUT2D eigenvalue weighted by Gasteiger charge is 2.17. The van der Waals surface area contributed by atoms with Crippen LogP contribution in [0.5, 0.6) is 5.75 Å². The highest BCUT2D eigenvalue weighted by atomic mass is 16.5. The lowest BCUT2D eigenvalue weighted by Crippen LogP contribution is -2.29. The maximum atomic E-state index is 13.0. The molecular formula is C23H24N4O3. The molecule has 7 nitrogen and oxygen atoms in total. The fourth-order valence-electron chi connectivity index (χ4n) is 3.07. The number of fused-ring (bicyclic) bond motifs is 1. The van der Waals surface area contributed by atoms with Crippen molar-refractivity contribution in [3.05, 3.63) is 64.6 Å². The first kappa shape index (κ1) is 21.1. The van der Waals surface area contributed by atoms with Gasteiger partial charge in [0.1, 0.15) is 5.75 Å². The largest absolute Gasteiger partial charge is 0.493 e. The molecule has 0 atom stereocenters. The maximum Gasteiger partial charge on any atom is 0.276 e. The molecule has 3 rings (SSSR count). The Hall–Kier alpha value is -3.66. The van der Waals surface area contributed by atoms with Gasteiger partial charge in [0.2, 0.25) is 0 Å². The van der Waals surface area contributed by atoms with E-state index >= 15 is 0 Å². The van der Waals surface area contributed by atoms with Crippen LogP contribution in [0.1, 0.15) is 37.2 Å². The van der Waals surface area contributed by atoms with E-state index in [1.807, 2.05) is 13.8 Å². The second-order valence-corrected chi connectivity index (χ2v) is 7.37. The number of carbonyl (C=O) groups is 1. The second-order valence-electron chi connectivity index (χ2n) is 7.37. The number of anilines is 1. The van der Waals surface area contributed by atoms with E-state index in [2.05, 4.69) is 16.5 Å². The van der Waals surface area contributed by atoms with Crippen molar-refractivity contribution in [3.63, 3.8) is 0 Å². The SMILES string of the molecule is CC(C)Cn1nc(C(=O)Nc2cccc(OCCCC#N)c2)c2ccccc2c1=O. The van der Waals surface area contributed by atoms with E-state index in [4.69, 9.17) is 10.00 Å². The minimum atomic E-state index is -0.398. The maximum absolute atomic E-state index is 13.0. The van der Waals surface area contributed by atoms with Crippen LogP contribution >= 0.6 is 0 Å². The van der Waals surface area contributed by atoms with E-state index in [0.717, 1.165) is 0 Å². The van der Waals surface area contributed by atoms with Gasteiger partial charge in [-0.3, -0.25) is 9.59 Å². The van der Waals surface area contributed by atoms with Crippen LogP contribution in [0.4, 0.5) is 5.69 Å². The first-order chi connectivity index (χ1) is 14.5. The third-order valence-corrected chi connectivity index (χ3v) is 4.41. The van der Waals surface area contributed by atoms with E-state index in [1.165, 1.54) is 4.68 Å². The molecule has 30 heavy (non-hydrogen) atoms. The van der Waals surface area contributed by atoms with Crippen LogP contribution in [-0.4, -0.2) is 22.3 Å². The number of nitrogens with one attached hydrogen (secondary N) is 1. The molecule has 0 unspecified atom stereocenters. The number of hydrogen-bond acceptors (Lipinski definition) is 5. The van der Waals surface area contributed by atoms with Crippen molar-refractivity contribution in [2.75, 3.05) is 11.9 Å². The highest BCUT2D eigenvalue weighted by molar-refractivity contribution is 6.11. The molecule has 0 aliphatic heterocycles. The molecule has 0 bridgehead atoms. The molecule has 1 aromatic heterocycles. The average Bonchev–Trinajstić information content (AvgIpc) is 2.73. The van der Waals surface area contributed by atoms with Crippen LogP contribution in [0.15, 0.2) is 53.3 Å². The molecule has 7 heteroatoms. The summed E-state index contributed by atoms with van der Waals surface area (Å²) in [5.41, 5.74) is 0.556. The van der Waals surface area contributed by atoms with E-state index in [0.29, 0.717) is 48.2 Å². The molecule has 154 valence electrons. The summed E-state index contributed by atoms with van der Waals surface area (Å²) in [6.07, 6.45) is 1.07. The molecular weight excluding hydrogens is 380 g/mol. The third-order valence-electron chi connectivity index (χ3n) is 4.41. The van der Waals surface area contributed by atoms with Crippen LogP contribution in [0, 0.1) is 17.2 Å². The number of amides is 1. The van der Waals surface area contributed by atoms with E-state index in [-0.39, 0.29) is 17.2 Å². The first-order valence-corrected chi connectivity index (χ1v) is 9.90. The molecule has 0 aliphatic rings. The number of benzene rings is 2. The van der Waals surface area contributed by atoms with Crippen LogP contribution in [-0.2, 0) is 6.54 Å². The minimum Gasteiger partial charge on any atom is -0.493 e. The first-order valence-electron chi connectivity index (χ1n) is 9.90. The highest BCUT2D eigenvalue weighted by Crippen LogP contribution is 2.20. The normalized spacial score (nSPS) is 10.7. The fourth-order valence-corrected chi connectivity index (χ4v) is 3.07. The Morgan fingerprint density at radius 3 is 2.70 bits per heavy atom. The summed E-state index contributed by atoms with van der Waals surface area (Å²) in [4.78, 5) is 25.7. The van der Waals surface area contributed by atoms with Crippen LogP contribution in [0.2, 0.25) is 0 Å². The summed E-state index contributed by atoms with van der Waals surface area (Å²) in [7, 11) is 0. The molecule has 0 spiro atoms. The molecule has 1 amide bonds. The van der Waals surface area contributed by atoms with Gasteiger partial charge in [-0.1, -0.05) is 38.1 Å². The van der Waals surface area contributed by atoms with Crippen molar-refractivity contribution in [1.29, 1.82) is 5.26 Å². The monoisotopic (exact) mass is 404 g/mol. The molecule has 0 saturated carbocycles. The van der Waals surface area contributed by atoms with Crippen molar-refractivity contribution in [3.8, 4) is 11.8 Å². The Bertz CT molecular complexity index is 1150. The number of rotatable bonds is 8. The predicted octanol–water partition coefficient (Wildman–Crippen LogP) is 3.99. The van der Waals surface area contributed by atoms with Crippen LogP contribution < -0.4 is 15.6 Å². The van der Waals surface area contributed by atoms with Gasteiger partial charge in [0, 0.05) is 30.1 Å². The Morgan fingerprint density at radius 2 is 1.97 bits per heavy atom. The molecule has 0 fully saturated rings. The number of nitriles is 1. The van der Waals surface area contributed by atoms with Gasteiger partial charge in [0.15, 0.2) is 5.69 Å². The Balaban J connectivity index is 1.88. The summed E-state index contributed by atoms with van der Waals surface area (Å²) in [6, 6.07) is 16.1. The van der Waals surface area contributed by atoms with E-state index in [9.17, 15) is 9.59 Å². The zero-order chi connectivity index (χ0) is 21.5. The van der Waals surface area contributed by atoms with Gasteiger partial charge in [-0.25, -0.2) is 4.68 Å². The summed E-state index contributed by atoms with van der Waals surface area (Å²) in [5.74, 6) is 0.417. The van der Waals surface area contributed by atoms with E-state index in [1.54, 1.807) is 48.5 Å². The Labute approximate surface area is 174 Å². The molecule has 2 aromatic carbocycles. The van der Waals surface area contributed by atoms with Gasteiger partial charge in [-0.15, -0.1) is 0 Å². The lowest BCUT2D eigenvalue weighted by atomic mass is 10.1. The number of unbranched alkanes of at least 4 members (excludes halogenated alkanes) is 1. The molecule has 0 radical (unpaired) electrons. The summed E-state index contributed by atoms with van der Waals surface area (Å²) in [5, 5.41) is 16.8. The lowest BCUT2D eigenvalue weighted by molar-refractivity contribution is 0.102. The fraction of sp³-hybridized carbons (Fsp3) is 0.304. The van der Waals surface area contributed by atoms with Gasteiger partial charge >= 0.3 is 0 Å². The molecule has 3 aromatic rings. The minimum absolute atomic E-state index is 0.200. The standard InChI is InChI=1S/C23H24N4O3/c1-16(2)15-27-23(29)20-11-4-3-10-19(20)21(26-27)22(28)25-17-8-7-9-18(14-17)30-13-6-5-12-24/h3-4,7-11,14,16H,5-6,13,15H2,1-2H3,(H,25,28). The van der Waals surface area contributed by atoms with Gasteiger partial charge in [0.05, 0.1) is 18.1 Å². The Morgan fingerprint density at radius 1 is 1.20 bits per heavy atom. The molecule has 0 aliphatic carbocycles. The van der Waals surface area contributed by atoms with Crippen LogP contribution in [0.25, 0.3) is 10.8 Å². The number of hydrogen-bond donors (Lipinski definition) is 1. The van der Waals surface area contributed by atoms with Gasteiger partial charge < -0.3 is 10.1 Å². The van der Waals surface area contributed by atoms with Crippen LogP contribution in [0.3, 0.4) is 0 Å². The van der Waals surface area contributed by atoms with Gasteiger partial charge in [-0.2, -0.15) is 10.4 Å². The molecule has 1 heterocycles. The van der Waals surface area contributed by atoms with Crippen molar-refractivity contribution >= 4 is 22.4 Å². The molecule has 1 N–H and O–H groups in total. The van der Waals surface area contributed by atoms with Crippen molar-refractivity contribution < 1.29 is 9.53 Å². The summed E-state index contributed by atoms with van der Waals surface area (Å²) < 4.78 is 6.98. The van der Waals surface area contributed by atoms with Gasteiger partial charge in [0.25, 0.3) is 11.5 Å². The second kappa shape index (κ2) is 9.70. The zero-order valence-corrected chi connectivity index (χ0v) is 17.1. The van der Waals surface area contributed by atoms with Gasteiger partial charge in [-0.05, 0) is 30.5 Å². The molecule has 0 saturated heterocycles. The summed E-state index contributed by atoms with van der Waals surface area (Å²) >= 11 is 0. The topological polar surface area (TPSA) is 97.0 Å². The van der Waals surface area contributed by atoms with Crippen molar-refractivity contribution in [2.45, 2.75) is 33.2 Å². The zero-order valence-electron chi connectivity index (χ0n) is 17.1. The summed E-state index contributed by atoms with van der Waals surface area (Å²) in [6.45, 7) is 4.84. The number of nitrogens with zero attached hydrogens (tertiary/aromatic N) is 3. The predicted molar refractivity (Wildman–Crippen MR) is 116 cm³/mol. The smallest absolute Gasteiger partial charge is 0.276 e. The van der Waals surface area contributed by atoms with E-state index < -0.39 is 5.91 Å². The number of carbonyl (C=O) groups excluding carboxylic acids is 1. The van der Waals surface area contributed by atoms with Crippen molar-refractivity contribution in [2.24, 2.45) is 5.92 Å². The number of ether oxygens (including phenoxy) is 1.